The zero-order valence-electron chi connectivity index (χ0n) is 11.6. The van der Waals surface area contributed by atoms with Crippen molar-refractivity contribution >= 4 is 35.3 Å². The number of nitrogens with one attached hydrogen (secondary N) is 1. The van der Waals surface area contributed by atoms with Crippen molar-refractivity contribution in [1.82, 2.24) is 5.43 Å². The largest absolute Gasteiger partial charge is 0.334 e. The van der Waals surface area contributed by atoms with Gasteiger partial charge in [-0.25, -0.2) is 5.43 Å². The highest BCUT2D eigenvalue weighted by atomic mass is 32.2. The fourth-order valence-corrected chi connectivity index (χ4v) is 3.33. The molecule has 1 amide bonds. The zero-order chi connectivity index (χ0) is 14.7. The van der Waals surface area contributed by atoms with E-state index in [1.54, 1.807) is 18.0 Å². The molecule has 21 heavy (non-hydrogen) atoms. The average molecular weight is 297 g/mol. The van der Waals surface area contributed by atoms with E-state index in [0.29, 0.717) is 6.54 Å². The van der Waals surface area contributed by atoms with E-state index >= 15 is 0 Å². The molecule has 1 aliphatic heterocycles. The monoisotopic (exact) mass is 297 g/mol. The van der Waals surface area contributed by atoms with Crippen LogP contribution in [-0.4, -0.2) is 18.7 Å². The van der Waals surface area contributed by atoms with E-state index in [4.69, 9.17) is 0 Å². The zero-order valence-corrected chi connectivity index (χ0v) is 12.4. The van der Waals surface area contributed by atoms with Crippen LogP contribution < -0.4 is 10.3 Å². The number of hydrogen-bond acceptors (Lipinski definition) is 4. The van der Waals surface area contributed by atoms with Crippen molar-refractivity contribution in [1.29, 1.82) is 0 Å². The van der Waals surface area contributed by atoms with Crippen molar-refractivity contribution < 1.29 is 4.79 Å². The summed E-state index contributed by atoms with van der Waals surface area (Å²) in [6.07, 6.45) is 1.71. The fraction of sp³-hybridized carbons (Fsp3) is 0.125. The number of hydrazone groups is 1. The topological polar surface area (TPSA) is 44.7 Å². The molecule has 1 heterocycles. The van der Waals surface area contributed by atoms with E-state index in [1.165, 1.54) is 16.7 Å². The summed E-state index contributed by atoms with van der Waals surface area (Å²) in [7, 11) is 0. The molecule has 0 radical (unpaired) electrons. The van der Waals surface area contributed by atoms with E-state index in [0.717, 1.165) is 11.4 Å². The Morgan fingerprint density at radius 3 is 2.29 bits per heavy atom. The number of carbonyl (C=O) groups excluding carboxylic acids is 1. The van der Waals surface area contributed by atoms with Crippen molar-refractivity contribution in [2.75, 3.05) is 11.4 Å². The van der Waals surface area contributed by atoms with Gasteiger partial charge in [-0.15, -0.1) is 0 Å². The van der Waals surface area contributed by atoms with Crippen LogP contribution >= 0.6 is 11.8 Å². The maximum atomic E-state index is 10.8. The summed E-state index contributed by atoms with van der Waals surface area (Å²) >= 11 is 1.77. The summed E-state index contributed by atoms with van der Waals surface area (Å²) in [4.78, 5) is 15.5. The molecule has 1 N–H and O–H groups in total. The molecule has 4 nitrogen and oxygen atoms in total. The lowest BCUT2D eigenvalue weighted by Crippen LogP contribution is -2.24. The molecule has 0 spiro atoms. The highest BCUT2D eigenvalue weighted by Crippen LogP contribution is 2.47. The normalized spacial score (nSPS) is 12.9. The highest BCUT2D eigenvalue weighted by molar-refractivity contribution is 7.99. The van der Waals surface area contributed by atoms with Crippen LogP contribution in [0.15, 0.2) is 63.4 Å². The number of carbonyl (C=O) groups is 1. The Balaban J connectivity index is 1.91. The lowest BCUT2D eigenvalue weighted by Gasteiger charge is -2.31. The van der Waals surface area contributed by atoms with Gasteiger partial charge in [0, 0.05) is 22.9 Å². The van der Waals surface area contributed by atoms with Crippen molar-refractivity contribution in [2.24, 2.45) is 5.10 Å². The van der Waals surface area contributed by atoms with Gasteiger partial charge in [-0.05, 0) is 24.3 Å². The summed E-state index contributed by atoms with van der Waals surface area (Å²) in [5.74, 6) is -0.166. The highest BCUT2D eigenvalue weighted by Gasteiger charge is 2.21. The van der Waals surface area contributed by atoms with E-state index in [-0.39, 0.29) is 5.91 Å². The SMILES string of the molecule is CC(=O)N/N=C/CN1c2ccccc2Sc2ccccc21. The second-order valence-corrected chi connectivity index (χ2v) is 5.71. The summed E-state index contributed by atoms with van der Waals surface area (Å²) < 4.78 is 0. The first kappa shape index (κ1) is 13.7. The maximum Gasteiger partial charge on any atom is 0.236 e. The Kier molecular flexibility index (Phi) is 3.92. The molecule has 3 rings (SSSR count). The molecule has 0 aromatic heterocycles. The fourth-order valence-electron chi connectivity index (χ4n) is 2.24. The van der Waals surface area contributed by atoms with Gasteiger partial charge in [-0.1, -0.05) is 36.0 Å². The third kappa shape index (κ3) is 2.92. The van der Waals surface area contributed by atoms with Crippen molar-refractivity contribution in [2.45, 2.75) is 16.7 Å². The van der Waals surface area contributed by atoms with E-state index in [1.807, 2.05) is 24.3 Å². The second-order valence-electron chi connectivity index (χ2n) is 4.63. The molecule has 0 aliphatic carbocycles. The quantitative estimate of drug-likeness (QED) is 0.697. The number of nitrogens with zero attached hydrogens (tertiary/aromatic N) is 2. The third-order valence-corrected chi connectivity index (χ3v) is 4.24. The van der Waals surface area contributed by atoms with Crippen molar-refractivity contribution in [3.63, 3.8) is 0 Å². The van der Waals surface area contributed by atoms with E-state index in [2.05, 4.69) is 39.7 Å². The molecule has 0 unspecified atom stereocenters. The van der Waals surface area contributed by atoms with Gasteiger partial charge >= 0.3 is 0 Å². The first-order valence-corrected chi connectivity index (χ1v) is 7.49. The minimum absolute atomic E-state index is 0.166. The van der Waals surface area contributed by atoms with Gasteiger partial charge in [0.25, 0.3) is 0 Å². The first-order chi connectivity index (χ1) is 10.3. The van der Waals surface area contributed by atoms with Gasteiger partial charge in [0.05, 0.1) is 17.9 Å². The molecule has 0 bridgehead atoms. The second kappa shape index (κ2) is 6.01. The molecular formula is C16H15N3OS. The number of benzene rings is 2. The lowest BCUT2D eigenvalue weighted by molar-refractivity contribution is -0.118. The smallest absolute Gasteiger partial charge is 0.236 e. The van der Waals surface area contributed by atoms with Gasteiger partial charge in [0.15, 0.2) is 0 Å². The van der Waals surface area contributed by atoms with Crippen LogP contribution in [0.25, 0.3) is 0 Å². The minimum atomic E-state index is -0.166. The maximum absolute atomic E-state index is 10.8. The average Bonchev–Trinajstić information content (AvgIpc) is 2.50. The van der Waals surface area contributed by atoms with Crippen LogP contribution in [0.3, 0.4) is 0 Å². The predicted octanol–water partition coefficient (Wildman–Crippen LogP) is 3.41. The molecule has 106 valence electrons. The van der Waals surface area contributed by atoms with Gasteiger partial charge in [0.1, 0.15) is 0 Å². The summed E-state index contributed by atoms with van der Waals surface area (Å²) in [6, 6.07) is 16.6. The molecule has 0 fully saturated rings. The summed E-state index contributed by atoms with van der Waals surface area (Å²) in [6.45, 7) is 2.05. The summed E-state index contributed by atoms with van der Waals surface area (Å²) in [5, 5.41) is 3.94. The van der Waals surface area contributed by atoms with Crippen LogP contribution in [0.4, 0.5) is 11.4 Å². The van der Waals surface area contributed by atoms with Crippen LogP contribution in [0, 0.1) is 0 Å². The van der Waals surface area contributed by atoms with Gasteiger partial charge in [-0.3, -0.25) is 4.79 Å². The van der Waals surface area contributed by atoms with Crippen molar-refractivity contribution in [3.05, 3.63) is 48.5 Å². The minimum Gasteiger partial charge on any atom is -0.334 e. The molecule has 1 aliphatic rings. The number of para-hydroxylation sites is 2. The van der Waals surface area contributed by atoms with Crippen molar-refractivity contribution in [3.8, 4) is 0 Å². The molecule has 0 atom stereocenters. The number of rotatable bonds is 3. The number of hydrogen-bond donors (Lipinski definition) is 1. The molecular weight excluding hydrogens is 282 g/mol. The van der Waals surface area contributed by atoms with Gasteiger partial charge in [-0.2, -0.15) is 5.10 Å². The van der Waals surface area contributed by atoms with E-state index in [9.17, 15) is 4.79 Å². The van der Waals surface area contributed by atoms with Crippen LogP contribution in [0.2, 0.25) is 0 Å². The predicted molar refractivity (Wildman–Crippen MR) is 86.3 cm³/mol. The van der Waals surface area contributed by atoms with Gasteiger partial charge < -0.3 is 4.90 Å². The standard InChI is InChI=1S/C16H15N3OS/c1-12(20)18-17-10-11-19-13-6-2-4-8-15(13)21-16-9-5-3-7-14(16)19/h2-10H,11H2,1H3,(H,18,20)/b17-10+. The summed E-state index contributed by atoms with van der Waals surface area (Å²) in [5.41, 5.74) is 4.76. The number of amides is 1. The Morgan fingerprint density at radius 2 is 1.71 bits per heavy atom. The third-order valence-electron chi connectivity index (χ3n) is 3.11. The molecule has 0 saturated heterocycles. The first-order valence-electron chi connectivity index (χ1n) is 6.67. The Morgan fingerprint density at radius 1 is 1.14 bits per heavy atom. The Labute approximate surface area is 127 Å². The number of anilines is 2. The lowest BCUT2D eigenvalue weighted by atomic mass is 10.2. The molecule has 2 aromatic carbocycles. The van der Waals surface area contributed by atoms with Crippen LogP contribution in [-0.2, 0) is 4.79 Å². The Hall–Kier alpha value is -2.27. The molecule has 2 aromatic rings. The number of fused-ring (bicyclic) bond motifs is 2. The van der Waals surface area contributed by atoms with E-state index < -0.39 is 0 Å². The van der Waals surface area contributed by atoms with Crippen LogP contribution in [0.1, 0.15) is 6.92 Å². The Bertz CT molecular complexity index is 654. The van der Waals surface area contributed by atoms with Crippen LogP contribution in [0.5, 0.6) is 0 Å². The molecule has 0 saturated carbocycles. The van der Waals surface area contributed by atoms with Gasteiger partial charge in [0.2, 0.25) is 5.91 Å². The molecule has 5 heteroatoms.